The molecular formula is C20H21N5O4S2. The molecule has 0 unspecified atom stereocenters. The van der Waals surface area contributed by atoms with Crippen molar-refractivity contribution in [2.75, 3.05) is 18.4 Å². The summed E-state index contributed by atoms with van der Waals surface area (Å²) in [5.41, 5.74) is 7.28. The van der Waals surface area contributed by atoms with Crippen molar-refractivity contribution in [1.82, 2.24) is 14.5 Å². The molecule has 3 heterocycles. The molecule has 0 atom stereocenters. The average Bonchev–Trinajstić information content (AvgIpc) is 3.45. The largest absolute Gasteiger partial charge is 0.366 e. The highest BCUT2D eigenvalue weighted by molar-refractivity contribution is 7.91. The number of hydrogen-bond donors (Lipinski definition) is 3. The third-order valence-corrected chi connectivity index (χ3v) is 8.45. The molecule has 1 aromatic carbocycles. The molecule has 2 aromatic heterocycles. The Morgan fingerprint density at radius 3 is 2.58 bits per heavy atom. The molecule has 162 valence electrons. The molecule has 0 spiro atoms. The number of thiophene rings is 1. The number of sulfonamides is 1. The summed E-state index contributed by atoms with van der Waals surface area (Å²) in [6, 6.07) is 9.87. The van der Waals surface area contributed by atoms with Crippen LogP contribution in [0.4, 0.5) is 5.00 Å². The molecule has 2 amide bonds. The van der Waals surface area contributed by atoms with Gasteiger partial charge in [-0.2, -0.15) is 9.40 Å². The molecule has 0 saturated carbocycles. The van der Waals surface area contributed by atoms with Gasteiger partial charge in [-0.15, -0.1) is 11.3 Å². The van der Waals surface area contributed by atoms with Crippen LogP contribution >= 0.6 is 11.3 Å². The highest BCUT2D eigenvalue weighted by Crippen LogP contribution is 2.34. The van der Waals surface area contributed by atoms with Gasteiger partial charge < -0.3 is 11.1 Å². The van der Waals surface area contributed by atoms with Crippen molar-refractivity contribution >= 4 is 38.2 Å². The van der Waals surface area contributed by atoms with Crippen LogP contribution in [-0.2, 0) is 10.0 Å². The SMILES string of the molecule is NC(=O)c1cc(S(=O)(=O)N2CCCCC2)sc1NC(=O)c1cccc(-c2ccn[nH]2)c1. The third-order valence-electron chi connectivity index (χ3n) is 5.05. The lowest BCUT2D eigenvalue weighted by atomic mass is 10.1. The zero-order chi connectivity index (χ0) is 22.0. The number of aromatic amines is 1. The van der Waals surface area contributed by atoms with E-state index in [0.717, 1.165) is 41.9 Å². The van der Waals surface area contributed by atoms with Crippen molar-refractivity contribution in [3.05, 3.63) is 53.7 Å². The van der Waals surface area contributed by atoms with Crippen LogP contribution in [0.3, 0.4) is 0 Å². The van der Waals surface area contributed by atoms with E-state index in [9.17, 15) is 18.0 Å². The Morgan fingerprint density at radius 2 is 1.90 bits per heavy atom. The van der Waals surface area contributed by atoms with Crippen molar-refractivity contribution < 1.29 is 18.0 Å². The van der Waals surface area contributed by atoms with Crippen LogP contribution in [0.15, 0.2) is 46.8 Å². The van der Waals surface area contributed by atoms with Crippen LogP contribution in [-0.4, -0.2) is 47.8 Å². The summed E-state index contributed by atoms with van der Waals surface area (Å²) in [5, 5.41) is 9.49. The Bertz CT molecular complexity index is 1210. The van der Waals surface area contributed by atoms with E-state index in [2.05, 4.69) is 15.5 Å². The molecule has 3 aromatic rings. The number of rotatable bonds is 6. The Hall–Kier alpha value is -3.02. The molecule has 1 aliphatic rings. The van der Waals surface area contributed by atoms with E-state index in [4.69, 9.17) is 5.73 Å². The maximum atomic E-state index is 13.0. The van der Waals surface area contributed by atoms with Gasteiger partial charge in [0.1, 0.15) is 9.21 Å². The van der Waals surface area contributed by atoms with Gasteiger partial charge in [-0.05, 0) is 37.1 Å². The monoisotopic (exact) mass is 459 g/mol. The van der Waals surface area contributed by atoms with Crippen LogP contribution in [0.5, 0.6) is 0 Å². The van der Waals surface area contributed by atoms with E-state index in [1.165, 1.54) is 10.4 Å². The van der Waals surface area contributed by atoms with Gasteiger partial charge in [0.2, 0.25) is 0 Å². The summed E-state index contributed by atoms with van der Waals surface area (Å²) >= 11 is 0.835. The number of benzene rings is 1. The van der Waals surface area contributed by atoms with Crippen molar-refractivity contribution in [1.29, 1.82) is 0 Å². The second-order valence-electron chi connectivity index (χ2n) is 7.14. The topological polar surface area (TPSA) is 138 Å². The summed E-state index contributed by atoms with van der Waals surface area (Å²) < 4.78 is 27.3. The Labute approximate surface area is 183 Å². The van der Waals surface area contributed by atoms with Crippen molar-refractivity contribution in [3.8, 4) is 11.3 Å². The Kier molecular flexibility index (Phi) is 5.90. The molecule has 11 heteroatoms. The fourth-order valence-corrected chi connectivity index (χ4v) is 6.46. The normalized spacial score (nSPS) is 15.0. The number of hydrogen-bond acceptors (Lipinski definition) is 6. The van der Waals surface area contributed by atoms with Gasteiger partial charge in [-0.25, -0.2) is 8.42 Å². The van der Waals surface area contributed by atoms with Gasteiger partial charge in [0.15, 0.2) is 0 Å². The zero-order valence-electron chi connectivity index (χ0n) is 16.5. The first kappa shape index (κ1) is 21.2. The Balaban J connectivity index is 1.62. The highest BCUT2D eigenvalue weighted by Gasteiger charge is 2.30. The zero-order valence-corrected chi connectivity index (χ0v) is 18.1. The number of nitrogens with two attached hydrogens (primary N) is 1. The Morgan fingerprint density at radius 1 is 1.13 bits per heavy atom. The van der Waals surface area contributed by atoms with Crippen LogP contribution in [0.1, 0.15) is 40.0 Å². The minimum Gasteiger partial charge on any atom is -0.366 e. The second kappa shape index (κ2) is 8.61. The second-order valence-corrected chi connectivity index (χ2v) is 10.4. The first-order valence-electron chi connectivity index (χ1n) is 9.71. The molecule has 1 aliphatic heterocycles. The van der Waals surface area contributed by atoms with Crippen molar-refractivity contribution in [3.63, 3.8) is 0 Å². The highest BCUT2D eigenvalue weighted by atomic mass is 32.2. The van der Waals surface area contributed by atoms with Crippen LogP contribution in [0.2, 0.25) is 0 Å². The van der Waals surface area contributed by atoms with Crippen LogP contribution in [0.25, 0.3) is 11.3 Å². The fraction of sp³-hybridized carbons (Fsp3) is 0.250. The maximum Gasteiger partial charge on any atom is 0.256 e. The molecule has 0 bridgehead atoms. The van der Waals surface area contributed by atoms with Gasteiger partial charge in [0.05, 0.1) is 11.3 Å². The molecule has 4 rings (SSSR count). The molecule has 0 aliphatic carbocycles. The first-order valence-corrected chi connectivity index (χ1v) is 12.0. The van der Waals surface area contributed by atoms with Gasteiger partial charge >= 0.3 is 0 Å². The number of primary amides is 1. The quantitative estimate of drug-likeness (QED) is 0.520. The lowest BCUT2D eigenvalue weighted by Gasteiger charge is -2.25. The summed E-state index contributed by atoms with van der Waals surface area (Å²) in [6.45, 7) is 0.877. The molecule has 1 fully saturated rings. The van der Waals surface area contributed by atoms with E-state index in [1.807, 2.05) is 6.07 Å². The van der Waals surface area contributed by atoms with E-state index < -0.39 is 21.8 Å². The molecule has 4 N–H and O–H groups in total. The molecule has 0 radical (unpaired) electrons. The summed E-state index contributed by atoms with van der Waals surface area (Å²) in [6.07, 6.45) is 4.19. The minimum absolute atomic E-state index is 0.00953. The number of H-pyrrole nitrogens is 1. The number of amides is 2. The smallest absolute Gasteiger partial charge is 0.256 e. The number of piperidine rings is 1. The van der Waals surface area contributed by atoms with Gasteiger partial charge in [0, 0.05) is 30.4 Å². The summed E-state index contributed by atoms with van der Waals surface area (Å²) in [5.74, 6) is -1.29. The van der Waals surface area contributed by atoms with Gasteiger partial charge in [-0.3, -0.25) is 14.7 Å². The number of carbonyl (C=O) groups excluding carboxylic acids is 2. The summed E-state index contributed by atoms with van der Waals surface area (Å²) in [4.78, 5) is 24.8. The van der Waals surface area contributed by atoms with E-state index >= 15 is 0 Å². The van der Waals surface area contributed by atoms with E-state index in [0.29, 0.717) is 18.7 Å². The predicted molar refractivity (Wildman–Crippen MR) is 117 cm³/mol. The van der Waals surface area contributed by atoms with Crippen LogP contribution in [0, 0.1) is 0 Å². The predicted octanol–water partition coefficient (Wildman–Crippen LogP) is 2.66. The minimum atomic E-state index is -3.75. The first-order chi connectivity index (χ1) is 14.9. The van der Waals surface area contributed by atoms with Crippen LogP contribution < -0.4 is 11.1 Å². The average molecular weight is 460 g/mol. The summed E-state index contributed by atoms with van der Waals surface area (Å²) in [7, 11) is -3.75. The molecular weight excluding hydrogens is 438 g/mol. The maximum absolute atomic E-state index is 13.0. The van der Waals surface area contributed by atoms with Gasteiger partial charge in [0.25, 0.3) is 21.8 Å². The van der Waals surface area contributed by atoms with Gasteiger partial charge in [-0.1, -0.05) is 18.6 Å². The number of aromatic nitrogens is 2. The third kappa shape index (κ3) is 4.38. The molecule has 1 saturated heterocycles. The lowest BCUT2D eigenvalue weighted by molar-refractivity contribution is 0.100. The van der Waals surface area contributed by atoms with E-state index in [1.54, 1.807) is 30.5 Å². The molecule has 9 nitrogen and oxygen atoms in total. The van der Waals surface area contributed by atoms with Crippen molar-refractivity contribution in [2.45, 2.75) is 23.5 Å². The standard InChI is InChI=1S/C20H21N5O4S2/c21-18(26)15-12-17(31(28,29)25-9-2-1-3-10-25)30-20(15)23-19(27)14-6-4-5-13(11-14)16-7-8-22-24-16/h4-8,11-12H,1-3,9-10H2,(H2,21,26)(H,22,24)(H,23,27). The number of nitrogens with zero attached hydrogens (tertiary/aromatic N) is 2. The number of nitrogens with one attached hydrogen (secondary N) is 2. The lowest BCUT2D eigenvalue weighted by Crippen LogP contribution is -2.35. The molecule has 31 heavy (non-hydrogen) atoms. The van der Waals surface area contributed by atoms with E-state index in [-0.39, 0.29) is 14.8 Å². The number of carbonyl (C=O) groups is 2. The fourth-order valence-electron chi connectivity index (χ4n) is 3.42. The number of anilines is 1. The van der Waals surface area contributed by atoms with Crippen molar-refractivity contribution in [2.24, 2.45) is 5.73 Å².